The van der Waals surface area contributed by atoms with E-state index in [1.165, 1.54) is 35.3 Å². The molecule has 132 valence electrons. The molecule has 1 aromatic carbocycles. The molecule has 0 spiro atoms. The van der Waals surface area contributed by atoms with Crippen LogP contribution in [0.5, 0.6) is 0 Å². The molecule has 2 fully saturated rings. The second-order valence-electron chi connectivity index (χ2n) is 6.12. The number of aliphatic carboxylic acids is 2. The summed E-state index contributed by atoms with van der Waals surface area (Å²) in [4.78, 5) is 21.7. The molecule has 0 radical (unpaired) electrons. The highest BCUT2D eigenvalue weighted by Gasteiger charge is 2.37. The summed E-state index contributed by atoms with van der Waals surface area (Å²) in [5.41, 5.74) is 1.41. The lowest BCUT2D eigenvalue weighted by atomic mass is 10.0. The van der Waals surface area contributed by atoms with Crippen LogP contribution in [0, 0.1) is 5.92 Å². The van der Waals surface area contributed by atoms with Gasteiger partial charge in [-0.3, -0.25) is 0 Å². The Morgan fingerprint density at radius 3 is 2.64 bits per heavy atom. The van der Waals surface area contributed by atoms with Crippen molar-refractivity contribution in [3.63, 3.8) is 0 Å². The summed E-state index contributed by atoms with van der Waals surface area (Å²) in [5, 5.41) is 22.7. The van der Waals surface area contributed by atoms with E-state index in [0.717, 1.165) is 18.5 Å². The molecule has 3 N–H and O–H groups in total. The van der Waals surface area contributed by atoms with Crippen molar-refractivity contribution < 1.29 is 19.8 Å². The van der Waals surface area contributed by atoms with Crippen LogP contribution in [0.2, 0.25) is 0 Å². The highest BCUT2D eigenvalue weighted by Crippen LogP contribution is 2.34. The molecule has 7 heteroatoms. The molecule has 6 nitrogen and oxygen atoms in total. The molecule has 0 amide bonds. The molecule has 2 unspecified atom stereocenters. The summed E-state index contributed by atoms with van der Waals surface area (Å²) in [6, 6.07) is 9.87. The molecular weight excluding hydrogens is 340 g/mol. The van der Waals surface area contributed by atoms with Crippen molar-refractivity contribution in [1.29, 1.82) is 0 Å². The van der Waals surface area contributed by atoms with Gasteiger partial charge in [0.15, 0.2) is 0 Å². The summed E-state index contributed by atoms with van der Waals surface area (Å²) in [6.07, 6.45) is 2.46. The topological polar surface area (TPSA) is 89.9 Å². The van der Waals surface area contributed by atoms with Gasteiger partial charge in [-0.2, -0.15) is 0 Å². The van der Waals surface area contributed by atoms with Crippen LogP contribution in [0.1, 0.15) is 6.42 Å². The van der Waals surface area contributed by atoms with E-state index in [9.17, 15) is 9.59 Å². The van der Waals surface area contributed by atoms with Crippen LogP contribution >= 0.6 is 11.3 Å². The first-order valence-corrected chi connectivity index (χ1v) is 9.01. The lowest BCUT2D eigenvalue weighted by molar-refractivity contribution is -0.134. The summed E-state index contributed by atoms with van der Waals surface area (Å²) < 4.78 is 1.40. The number of carbonyl (C=O) groups is 2. The number of thiophene rings is 1. The van der Waals surface area contributed by atoms with Gasteiger partial charge in [0, 0.05) is 48.2 Å². The molecule has 2 saturated heterocycles. The quantitative estimate of drug-likeness (QED) is 0.729. The molecule has 2 aromatic rings. The molecule has 2 atom stereocenters. The van der Waals surface area contributed by atoms with Crippen LogP contribution < -0.4 is 10.2 Å². The zero-order chi connectivity index (χ0) is 17.8. The van der Waals surface area contributed by atoms with Crippen molar-refractivity contribution in [1.82, 2.24) is 5.32 Å². The minimum Gasteiger partial charge on any atom is -0.478 e. The minimum absolute atomic E-state index is 0.558. The van der Waals surface area contributed by atoms with Gasteiger partial charge in [-0.05, 0) is 47.4 Å². The molecule has 4 rings (SSSR count). The fraction of sp³-hybridized carbons (Fsp3) is 0.333. The standard InChI is InChI=1S/C14H16N2S.C4H4O4/c1-2-14-10(4-6-17-14)7-12(1)16-5-3-11-8-15-9-13(11)16;5-3(6)1-2-4(7)8/h1-2,4,6-7,11,13,15H,3,5,8-9H2;1-2H,(H,5,6)(H,7,8)/b;2-1-. The van der Waals surface area contributed by atoms with Crippen LogP contribution in [0.25, 0.3) is 10.1 Å². The first-order chi connectivity index (χ1) is 12.0. The van der Waals surface area contributed by atoms with Gasteiger partial charge in [-0.15, -0.1) is 11.3 Å². The predicted octanol–water partition coefficient (Wildman–Crippen LogP) is 2.41. The molecule has 0 saturated carbocycles. The number of rotatable bonds is 3. The Morgan fingerprint density at radius 1 is 1.16 bits per heavy atom. The lowest BCUT2D eigenvalue weighted by Gasteiger charge is -2.25. The highest BCUT2D eigenvalue weighted by atomic mass is 32.1. The maximum atomic E-state index is 9.55. The maximum absolute atomic E-state index is 9.55. The number of benzene rings is 1. The van der Waals surface area contributed by atoms with E-state index in [1.807, 2.05) is 11.3 Å². The van der Waals surface area contributed by atoms with Gasteiger partial charge in [-0.25, -0.2) is 9.59 Å². The first-order valence-electron chi connectivity index (χ1n) is 8.13. The van der Waals surface area contributed by atoms with Crippen molar-refractivity contribution in [2.75, 3.05) is 24.5 Å². The molecule has 3 heterocycles. The van der Waals surface area contributed by atoms with Gasteiger partial charge in [-0.1, -0.05) is 0 Å². The molecule has 1 aromatic heterocycles. The second kappa shape index (κ2) is 7.67. The number of hydrogen-bond acceptors (Lipinski definition) is 5. The third kappa shape index (κ3) is 4.18. The maximum Gasteiger partial charge on any atom is 0.328 e. The van der Waals surface area contributed by atoms with Crippen molar-refractivity contribution >= 4 is 39.0 Å². The van der Waals surface area contributed by atoms with E-state index in [1.54, 1.807) is 0 Å². The van der Waals surface area contributed by atoms with Gasteiger partial charge in [0.2, 0.25) is 0 Å². The van der Waals surface area contributed by atoms with Crippen LogP contribution in [-0.2, 0) is 9.59 Å². The van der Waals surface area contributed by atoms with Gasteiger partial charge >= 0.3 is 11.9 Å². The zero-order valence-electron chi connectivity index (χ0n) is 13.6. The molecular formula is C18H20N2O4S. The number of anilines is 1. The van der Waals surface area contributed by atoms with E-state index < -0.39 is 11.9 Å². The Hall–Kier alpha value is -2.38. The third-order valence-corrected chi connectivity index (χ3v) is 5.48. The average Bonchev–Trinajstić information content (AvgIpc) is 3.28. The number of carboxylic acids is 2. The SMILES string of the molecule is O=C(O)/C=C\C(=O)O.c1cc2cc(N3CCC4CNCC43)ccc2s1. The van der Waals surface area contributed by atoms with Crippen LogP contribution in [0.4, 0.5) is 5.69 Å². The number of nitrogens with one attached hydrogen (secondary N) is 1. The van der Waals surface area contributed by atoms with E-state index in [-0.39, 0.29) is 0 Å². The third-order valence-electron chi connectivity index (χ3n) is 4.58. The van der Waals surface area contributed by atoms with Crippen LogP contribution in [0.3, 0.4) is 0 Å². The Bertz CT molecular complexity index is 785. The van der Waals surface area contributed by atoms with Crippen molar-refractivity contribution in [2.24, 2.45) is 5.92 Å². The smallest absolute Gasteiger partial charge is 0.328 e. The minimum atomic E-state index is -1.26. The number of carboxylic acid groups (broad SMARTS) is 2. The van der Waals surface area contributed by atoms with Crippen molar-refractivity contribution in [2.45, 2.75) is 12.5 Å². The molecule has 0 aliphatic carbocycles. The fourth-order valence-corrected chi connectivity index (χ4v) is 4.22. The van der Waals surface area contributed by atoms with Gasteiger partial charge in [0.05, 0.1) is 0 Å². The molecule has 25 heavy (non-hydrogen) atoms. The fourth-order valence-electron chi connectivity index (χ4n) is 3.45. The first kappa shape index (κ1) is 17.4. The van der Waals surface area contributed by atoms with E-state index >= 15 is 0 Å². The summed E-state index contributed by atoms with van der Waals surface area (Å²) in [7, 11) is 0. The largest absolute Gasteiger partial charge is 0.478 e. The number of nitrogens with zero attached hydrogens (tertiary/aromatic N) is 1. The van der Waals surface area contributed by atoms with E-state index in [4.69, 9.17) is 10.2 Å². The predicted molar refractivity (Wildman–Crippen MR) is 98.3 cm³/mol. The Balaban J connectivity index is 0.000000197. The monoisotopic (exact) mass is 360 g/mol. The molecule has 2 aliphatic rings. The van der Waals surface area contributed by atoms with Gasteiger partial charge < -0.3 is 20.4 Å². The summed E-state index contributed by atoms with van der Waals surface area (Å²) in [6.45, 7) is 3.60. The van der Waals surface area contributed by atoms with Crippen LogP contribution in [0.15, 0.2) is 41.8 Å². The molecule has 0 bridgehead atoms. The van der Waals surface area contributed by atoms with Gasteiger partial charge in [0.25, 0.3) is 0 Å². The van der Waals surface area contributed by atoms with E-state index in [2.05, 4.69) is 39.9 Å². The van der Waals surface area contributed by atoms with Crippen molar-refractivity contribution in [3.8, 4) is 0 Å². The normalized spacial score (nSPS) is 22.0. The summed E-state index contributed by atoms with van der Waals surface area (Å²) >= 11 is 1.83. The van der Waals surface area contributed by atoms with Crippen LogP contribution in [-0.4, -0.2) is 47.8 Å². The zero-order valence-corrected chi connectivity index (χ0v) is 14.4. The number of fused-ring (bicyclic) bond motifs is 2. The molecule has 2 aliphatic heterocycles. The Morgan fingerprint density at radius 2 is 1.92 bits per heavy atom. The van der Waals surface area contributed by atoms with Crippen molar-refractivity contribution in [3.05, 3.63) is 41.8 Å². The second-order valence-corrected chi connectivity index (χ2v) is 7.07. The Kier molecular flexibility index (Phi) is 5.35. The van der Waals surface area contributed by atoms with Gasteiger partial charge in [0.1, 0.15) is 0 Å². The average molecular weight is 360 g/mol. The highest BCUT2D eigenvalue weighted by molar-refractivity contribution is 7.17. The Labute approximate surface area is 149 Å². The summed E-state index contributed by atoms with van der Waals surface area (Å²) in [5.74, 6) is -1.65. The number of hydrogen-bond donors (Lipinski definition) is 3. The van der Waals surface area contributed by atoms with E-state index in [0.29, 0.717) is 12.2 Å². The lowest BCUT2D eigenvalue weighted by Crippen LogP contribution is -2.33.